The van der Waals surface area contributed by atoms with Crippen molar-refractivity contribution in [2.45, 2.75) is 12.8 Å². The highest BCUT2D eigenvalue weighted by Crippen LogP contribution is 2.19. The second-order valence-corrected chi connectivity index (χ2v) is 4.97. The number of aromatic nitrogens is 1. The summed E-state index contributed by atoms with van der Waals surface area (Å²) in [6, 6.07) is 1.71. The van der Waals surface area contributed by atoms with E-state index in [0.29, 0.717) is 17.2 Å². The highest BCUT2D eigenvalue weighted by atomic mass is 16.5. The van der Waals surface area contributed by atoms with Crippen molar-refractivity contribution in [1.29, 1.82) is 0 Å². The number of ether oxygens (including phenoxy) is 1. The number of carbonyl (C=O) groups excluding carboxylic acids is 1. The predicted octanol–water partition coefficient (Wildman–Crippen LogP) is 1.16. The van der Waals surface area contributed by atoms with Gasteiger partial charge in [-0.3, -0.25) is 9.78 Å². The first-order valence-electron chi connectivity index (χ1n) is 6.66. The molecule has 19 heavy (non-hydrogen) atoms. The zero-order valence-corrected chi connectivity index (χ0v) is 11.6. The molecule has 1 fully saturated rings. The van der Waals surface area contributed by atoms with Crippen molar-refractivity contribution in [3.05, 3.63) is 24.0 Å². The molecule has 1 saturated heterocycles. The van der Waals surface area contributed by atoms with Gasteiger partial charge >= 0.3 is 0 Å². The second kappa shape index (κ2) is 6.52. The van der Waals surface area contributed by atoms with Crippen LogP contribution >= 0.6 is 0 Å². The van der Waals surface area contributed by atoms with Crippen LogP contribution in [0.5, 0.6) is 5.75 Å². The van der Waals surface area contributed by atoms with Gasteiger partial charge in [-0.2, -0.15) is 0 Å². The number of hydrogen-bond acceptors (Lipinski definition) is 4. The van der Waals surface area contributed by atoms with Gasteiger partial charge in [0.25, 0.3) is 5.91 Å². The summed E-state index contributed by atoms with van der Waals surface area (Å²) in [7, 11) is 3.40. The number of hydrogen-bond donors (Lipinski definition) is 1. The lowest BCUT2D eigenvalue weighted by molar-refractivity contribution is 0.0761. The topological polar surface area (TPSA) is 54.5 Å². The monoisotopic (exact) mass is 263 g/mol. The number of amides is 1. The molecule has 0 aromatic carbocycles. The van der Waals surface area contributed by atoms with Crippen LogP contribution in [0.4, 0.5) is 0 Å². The molecule has 5 heteroatoms. The molecule has 1 aromatic heterocycles. The maximum atomic E-state index is 12.4. The Balaban J connectivity index is 2.01. The minimum atomic E-state index is -0.00942. The molecular weight excluding hydrogens is 242 g/mol. The maximum Gasteiger partial charge on any atom is 0.257 e. The lowest BCUT2D eigenvalue weighted by atomic mass is 9.99. The minimum Gasteiger partial charge on any atom is -0.494 e. The van der Waals surface area contributed by atoms with Gasteiger partial charge in [0.1, 0.15) is 5.75 Å². The third-order valence-electron chi connectivity index (χ3n) is 3.51. The Morgan fingerprint density at radius 2 is 2.47 bits per heavy atom. The summed E-state index contributed by atoms with van der Waals surface area (Å²) in [4.78, 5) is 18.1. The minimum absolute atomic E-state index is 0.00942. The summed E-state index contributed by atoms with van der Waals surface area (Å²) < 4.78 is 5.18. The highest BCUT2D eigenvalue weighted by molar-refractivity contribution is 5.96. The van der Waals surface area contributed by atoms with Crippen molar-refractivity contribution in [1.82, 2.24) is 15.2 Å². The second-order valence-electron chi connectivity index (χ2n) is 4.97. The quantitative estimate of drug-likeness (QED) is 0.885. The SMILES string of the molecule is COc1cnccc1C(=O)N(C)CC1CCCNC1. The van der Waals surface area contributed by atoms with E-state index in [1.807, 2.05) is 7.05 Å². The standard InChI is InChI=1S/C14H21N3O2/c1-17(10-11-4-3-6-15-8-11)14(18)12-5-7-16-9-13(12)19-2/h5,7,9,11,15H,3-4,6,8,10H2,1-2H3. The van der Waals surface area contributed by atoms with Crippen LogP contribution in [0.2, 0.25) is 0 Å². The molecule has 0 spiro atoms. The van der Waals surface area contributed by atoms with Gasteiger partial charge in [0.05, 0.1) is 18.9 Å². The van der Waals surface area contributed by atoms with Crippen molar-refractivity contribution in [2.24, 2.45) is 5.92 Å². The van der Waals surface area contributed by atoms with E-state index < -0.39 is 0 Å². The fraction of sp³-hybridized carbons (Fsp3) is 0.571. The average Bonchev–Trinajstić information content (AvgIpc) is 2.47. The normalized spacial score (nSPS) is 18.9. The zero-order chi connectivity index (χ0) is 13.7. The summed E-state index contributed by atoms with van der Waals surface area (Å²) in [6.45, 7) is 2.86. The van der Waals surface area contributed by atoms with E-state index in [1.54, 1.807) is 30.5 Å². The lowest BCUT2D eigenvalue weighted by Gasteiger charge is -2.28. The number of piperidine rings is 1. The molecule has 1 aliphatic heterocycles. The molecule has 0 radical (unpaired) electrons. The van der Waals surface area contributed by atoms with Gasteiger partial charge in [-0.15, -0.1) is 0 Å². The maximum absolute atomic E-state index is 12.4. The van der Waals surface area contributed by atoms with Crippen LogP contribution in [-0.2, 0) is 0 Å². The molecule has 2 heterocycles. The lowest BCUT2D eigenvalue weighted by Crippen LogP contribution is -2.39. The van der Waals surface area contributed by atoms with E-state index in [1.165, 1.54) is 12.8 Å². The van der Waals surface area contributed by atoms with Gasteiger partial charge in [0.15, 0.2) is 0 Å². The Morgan fingerprint density at radius 1 is 1.63 bits per heavy atom. The zero-order valence-electron chi connectivity index (χ0n) is 11.6. The first kappa shape index (κ1) is 13.8. The summed E-state index contributed by atoms with van der Waals surface area (Å²) in [6.07, 6.45) is 5.55. The first-order chi connectivity index (χ1) is 9.22. The summed E-state index contributed by atoms with van der Waals surface area (Å²) in [5.41, 5.74) is 0.573. The van der Waals surface area contributed by atoms with Crippen LogP contribution < -0.4 is 10.1 Å². The largest absolute Gasteiger partial charge is 0.494 e. The van der Waals surface area contributed by atoms with Crippen molar-refractivity contribution >= 4 is 5.91 Å². The van der Waals surface area contributed by atoms with Crippen LogP contribution in [0, 0.1) is 5.92 Å². The molecule has 1 N–H and O–H groups in total. The molecule has 1 amide bonds. The number of carbonyl (C=O) groups is 1. The number of rotatable bonds is 4. The molecule has 0 bridgehead atoms. The average molecular weight is 263 g/mol. The van der Waals surface area contributed by atoms with Crippen molar-refractivity contribution < 1.29 is 9.53 Å². The van der Waals surface area contributed by atoms with E-state index in [2.05, 4.69) is 10.3 Å². The molecule has 1 unspecified atom stereocenters. The van der Waals surface area contributed by atoms with Gasteiger partial charge in [-0.25, -0.2) is 0 Å². The molecule has 2 rings (SSSR count). The Labute approximate surface area is 114 Å². The van der Waals surface area contributed by atoms with Gasteiger partial charge < -0.3 is 15.0 Å². The van der Waals surface area contributed by atoms with Gasteiger partial charge in [0, 0.05) is 19.8 Å². The third-order valence-corrected chi connectivity index (χ3v) is 3.51. The fourth-order valence-electron chi connectivity index (χ4n) is 2.47. The first-order valence-corrected chi connectivity index (χ1v) is 6.66. The predicted molar refractivity (Wildman–Crippen MR) is 73.3 cm³/mol. The Morgan fingerprint density at radius 3 is 3.16 bits per heavy atom. The van der Waals surface area contributed by atoms with E-state index in [9.17, 15) is 4.79 Å². The summed E-state index contributed by atoms with van der Waals surface area (Å²) in [5, 5.41) is 3.37. The van der Waals surface area contributed by atoms with Crippen LogP contribution in [-0.4, -0.2) is 49.6 Å². The third kappa shape index (κ3) is 3.44. The van der Waals surface area contributed by atoms with Gasteiger partial charge in [-0.1, -0.05) is 0 Å². The number of pyridine rings is 1. The van der Waals surface area contributed by atoms with E-state index in [4.69, 9.17) is 4.74 Å². The van der Waals surface area contributed by atoms with Crippen molar-refractivity contribution in [3.63, 3.8) is 0 Å². The molecule has 1 aliphatic rings. The molecule has 0 saturated carbocycles. The smallest absolute Gasteiger partial charge is 0.257 e. The van der Waals surface area contributed by atoms with E-state index >= 15 is 0 Å². The molecule has 1 aromatic rings. The number of methoxy groups -OCH3 is 1. The van der Waals surface area contributed by atoms with Crippen LogP contribution in [0.15, 0.2) is 18.5 Å². The van der Waals surface area contributed by atoms with E-state index in [-0.39, 0.29) is 5.91 Å². The van der Waals surface area contributed by atoms with Gasteiger partial charge in [0.2, 0.25) is 0 Å². The van der Waals surface area contributed by atoms with Gasteiger partial charge in [-0.05, 0) is 37.9 Å². The molecule has 104 valence electrons. The summed E-state index contributed by atoms with van der Waals surface area (Å²) in [5.74, 6) is 1.06. The molecule has 5 nitrogen and oxygen atoms in total. The number of nitrogens with one attached hydrogen (secondary N) is 1. The van der Waals surface area contributed by atoms with Crippen LogP contribution in [0.3, 0.4) is 0 Å². The Hall–Kier alpha value is -1.62. The summed E-state index contributed by atoms with van der Waals surface area (Å²) >= 11 is 0. The van der Waals surface area contributed by atoms with Crippen molar-refractivity contribution in [2.75, 3.05) is 33.8 Å². The molecule has 1 atom stereocenters. The Bertz CT molecular complexity index is 430. The van der Waals surface area contributed by atoms with E-state index in [0.717, 1.165) is 19.6 Å². The highest BCUT2D eigenvalue weighted by Gasteiger charge is 2.21. The van der Waals surface area contributed by atoms with Crippen LogP contribution in [0.25, 0.3) is 0 Å². The molecule has 0 aliphatic carbocycles. The van der Waals surface area contributed by atoms with Crippen LogP contribution in [0.1, 0.15) is 23.2 Å². The van der Waals surface area contributed by atoms with Crippen molar-refractivity contribution in [3.8, 4) is 5.75 Å². The number of nitrogens with zero attached hydrogens (tertiary/aromatic N) is 2. The Kier molecular flexibility index (Phi) is 4.74. The fourth-order valence-corrected chi connectivity index (χ4v) is 2.47. The molecular formula is C14H21N3O2.